The van der Waals surface area contributed by atoms with Gasteiger partial charge in [-0.25, -0.2) is 4.98 Å². The number of rotatable bonds is 7. The average molecular weight is 342 g/mol. The van der Waals surface area contributed by atoms with Gasteiger partial charge in [0.05, 0.1) is 11.4 Å². The third kappa shape index (κ3) is 4.80. The van der Waals surface area contributed by atoms with Crippen molar-refractivity contribution in [3.05, 3.63) is 45.4 Å². The summed E-state index contributed by atoms with van der Waals surface area (Å²) in [6.07, 6.45) is 2.48. The SMILES string of the molecule is O=[S@](Cc1csc(COc2ccc(Cl)cc2)n1)CC1CC1. The van der Waals surface area contributed by atoms with Gasteiger partial charge in [0.2, 0.25) is 0 Å². The largest absolute Gasteiger partial charge is 0.486 e. The van der Waals surface area contributed by atoms with Crippen LogP contribution in [0.5, 0.6) is 5.75 Å². The Labute approximate surface area is 135 Å². The summed E-state index contributed by atoms with van der Waals surface area (Å²) >= 11 is 7.38. The van der Waals surface area contributed by atoms with Crippen molar-refractivity contribution >= 4 is 33.7 Å². The maximum atomic E-state index is 11.9. The quantitative estimate of drug-likeness (QED) is 0.763. The molecule has 1 saturated carbocycles. The number of aromatic nitrogens is 1. The van der Waals surface area contributed by atoms with Crippen molar-refractivity contribution in [2.24, 2.45) is 5.92 Å². The van der Waals surface area contributed by atoms with E-state index in [1.54, 1.807) is 23.5 Å². The van der Waals surface area contributed by atoms with E-state index in [9.17, 15) is 4.21 Å². The zero-order valence-corrected chi connectivity index (χ0v) is 13.8. The smallest absolute Gasteiger partial charge is 0.140 e. The first-order chi connectivity index (χ1) is 10.2. The molecule has 3 nitrogen and oxygen atoms in total. The van der Waals surface area contributed by atoms with Crippen molar-refractivity contribution in [1.29, 1.82) is 0 Å². The highest BCUT2D eigenvalue weighted by molar-refractivity contribution is 7.84. The topological polar surface area (TPSA) is 39.2 Å². The van der Waals surface area contributed by atoms with E-state index < -0.39 is 10.8 Å². The first kappa shape index (κ1) is 15.0. The van der Waals surface area contributed by atoms with E-state index in [0.717, 1.165) is 22.2 Å². The highest BCUT2D eigenvalue weighted by Gasteiger charge is 2.24. The van der Waals surface area contributed by atoms with Gasteiger partial charge in [0.15, 0.2) is 0 Å². The molecule has 1 aliphatic carbocycles. The molecule has 0 bridgehead atoms. The molecule has 0 N–H and O–H groups in total. The summed E-state index contributed by atoms with van der Waals surface area (Å²) in [5.41, 5.74) is 0.911. The van der Waals surface area contributed by atoms with Gasteiger partial charge in [0.25, 0.3) is 0 Å². The van der Waals surface area contributed by atoms with Crippen LogP contribution in [0.15, 0.2) is 29.6 Å². The highest BCUT2D eigenvalue weighted by atomic mass is 35.5. The molecule has 112 valence electrons. The van der Waals surface area contributed by atoms with Gasteiger partial charge >= 0.3 is 0 Å². The molecule has 0 amide bonds. The molecule has 0 radical (unpaired) electrons. The molecule has 6 heteroatoms. The summed E-state index contributed by atoms with van der Waals surface area (Å²) < 4.78 is 17.6. The normalized spacial score (nSPS) is 15.9. The van der Waals surface area contributed by atoms with Crippen molar-refractivity contribution in [1.82, 2.24) is 4.98 Å². The summed E-state index contributed by atoms with van der Waals surface area (Å²) in [4.78, 5) is 4.48. The molecule has 2 aromatic rings. The van der Waals surface area contributed by atoms with E-state index in [0.29, 0.717) is 23.3 Å². The van der Waals surface area contributed by atoms with Crippen LogP contribution in [0, 0.1) is 5.92 Å². The van der Waals surface area contributed by atoms with Crippen molar-refractivity contribution in [2.75, 3.05) is 5.75 Å². The third-order valence-electron chi connectivity index (χ3n) is 3.20. The lowest BCUT2D eigenvalue weighted by Crippen LogP contribution is -2.03. The predicted octanol–water partition coefficient (Wildman–Crippen LogP) is 4.03. The summed E-state index contributed by atoms with van der Waals surface area (Å²) in [6, 6.07) is 7.26. The second-order valence-electron chi connectivity index (χ2n) is 5.17. The Hall–Kier alpha value is -0.910. The molecule has 0 spiro atoms. The molecule has 1 aliphatic rings. The number of ether oxygens (including phenoxy) is 1. The zero-order valence-electron chi connectivity index (χ0n) is 11.5. The van der Waals surface area contributed by atoms with Crippen molar-refractivity contribution in [3.8, 4) is 5.75 Å². The van der Waals surface area contributed by atoms with Crippen molar-refractivity contribution < 1.29 is 8.95 Å². The van der Waals surface area contributed by atoms with Crippen LogP contribution in [0.2, 0.25) is 5.02 Å². The Balaban J connectivity index is 1.49. The van der Waals surface area contributed by atoms with Crippen LogP contribution < -0.4 is 4.74 Å². The first-order valence-electron chi connectivity index (χ1n) is 6.85. The molecule has 3 rings (SSSR count). The molecule has 1 heterocycles. The van der Waals surface area contributed by atoms with Gasteiger partial charge in [-0.1, -0.05) is 11.6 Å². The summed E-state index contributed by atoms with van der Waals surface area (Å²) in [5, 5.41) is 3.58. The maximum absolute atomic E-state index is 11.9. The van der Waals surface area contributed by atoms with Gasteiger partial charge in [-0.15, -0.1) is 11.3 Å². The molecule has 0 aliphatic heterocycles. The Bertz CT molecular complexity index is 623. The number of benzene rings is 1. The average Bonchev–Trinajstić information content (AvgIpc) is 3.16. The minimum atomic E-state index is -0.779. The van der Waals surface area contributed by atoms with Gasteiger partial charge in [-0.2, -0.15) is 0 Å². The Kier molecular flexibility index (Phi) is 4.93. The van der Waals surface area contributed by atoms with Gasteiger partial charge in [0, 0.05) is 27.0 Å². The second kappa shape index (κ2) is 6.90. The van der Waals surface area contributed by atoms with Crippen LogP contribution in [0.25, 0.3) is 0 Å². The first-order valence-corrected chi connectivity index (χ1v) is 9.60. The van der Waals surface area contributed by atoms with E-state index in [4.69, 9.17) is 16.3 Å². The van der Waals surface area contributed by atoms with Crippen LogP contribution in [0.4, 0.5) is 0 Å². The van der Waals surface area contributed by atoms with Crippen molar-refractivity contribution in [3.63, 3.8) is 0 Å². The van der Waals surface area contributed by atoms with Crippen LogP contribution in [-0.2, 0) is 23.2 Å². The van der Waals surface area contributed by atoms with Crippen LogP contribution in [-0.4, -0.2) is 14.9 Å². The lowest BCUT2D eigenvalue weighted by atomic mass is 10.3. The molecule has 1 aromatic heterocycles. The summed E-state index contributed by atoms with van der Waals surface area (Å²) in [5.74, 6) is 2.85. The fourth-order valence-electron chi connectivity index (χ4n) is 1.93. The molecular formula is C15H16ClNO2S2. The molecule has 1 aromatic carbocycles. The number of nitrogens with zero attached hydrogens (tertiary/aromatic N) is 1. The Morgan fingerprint density at radius 3 is 2.81 bits per heavy atom. The lowest BCUT2D eigenvalue weighted by molar-refractivity contribution is 0.305. The number of thiazole rings is 1. The van der Waals surface area contributed by atoms with Crippen LogP contribution in [0.1, 0.15) is 23.5 Å². The summed E-state index contributed by atoms with van der Waals surface area (Å²) in [7, 11) is -0.779. The monoisotopic (exact) mass is 341 g/mol. The minimum Gasteiger partial charge on any atom is -0.486 e. The van der Waals surface area contributed by atoms with Gasteiger partial charge in [-0.05, 0) is 43.0 Å². The van der Waals surface area contributed by atoms with Crippen molar-refractivity contribution in [2.45, 2.75) is 25.2 Å². The molecule has 21 heavy (non-hydrogen) atoms. The standard InChI is InChI=1S/C15H16ClNO2S2/c16-12-3-5-14(6-4-12)19-7-15-17-13(8-20-15)10-21(18)9-11-1-2-11/h3-6,8,11H,1-2,7,9-10H2/t21-/m0/s1. The fourth-order valence-corrected chi connectivity index (χ4v) is 4.32. The van der Waals surface area contributed by atoms with E-state index in [1.807, 2.05) is 17.5 Å². The minimum absolute atomic E-state index is 0.432. The van der Waals surface area contributed by atoms with E-state index in [-0.39, 0.29) is 0 Å². The van der Waals surface area contributed by atoms with Crippen LogP contribution >= 0.6 is 22.9 Å². The third-order valence-corrected chi connectivity index (χ3v) is 5.79. The van der Waals surface area contributed by atoms with Gasteiger partial charge in [0.1, 0.15) is 17.4 Å². The number of halogens is 1. The molecule has 1 atom stereocenters. The van der Waals surface area contributed by atoms with E-state index in [1.165, 1.54) is 12.8 Å². The summed E-state index contributed by atoms with van der Waals surface area (Å²) in [6.45, 7) is 0.432. The number of hydrogen-bond acceptors (Lipinski definition) is 4. The second-order valence-corrected chi connectivity index (χ2v) is 8.05. The molecule has 0 unspecified atom stereocenters. The van der Waals surface area contributed by atoms with E-state index in [2.05, 4.69) is 4.98 Å². The predicted molar refractivity (Wildman–Crippen MR) is 87.3 cm³/mol. The molecular weight excluding hydrogens is 326 g/mol. The van der Waals surface area contributed by atoms with Crippen LogP contribution in [0.3, 0.4) is 0 Å². The van der Waals surface area contributed by atoms with Gasteiger partial charge < -0.3 is 4.74 Å². The number of hydrogen-bond donors (Lipinski definition) is 0. The maximum Gasteiger partial charge on any atom is 0.140 e. The Morgan fingerprint density at radius 1 is 1.33 bits per heavy atom. The van der Waals surface area contributed by atoms with Gasteiger partial charge in [-0.3, -0.25) is 4.21 Å². The Morgan fingerprint density at radius 2 is 2.10 bits per heavy atom. The molecule has 1 fully saturated rings. The zero-order chi connectivity index (χ0) is 14.7. The van der Waals surface area contributed by atoms with E-state index >= 15 is 0 Å². The molecule has 0 saturated heterocycles. The highest BCUT2D eigenvalue weighted by Crippen LogP contribution is 2.30. The fraction of sp³-hybridized carbons (Fsp3) is 0.400. The lowest BCUT2D eigenvalue weighted by Gasteiger charge is -2.03.